The van der Waals surface area contributed by atoms with E-state index in [2.05, 4.69) is 32.2 Å². The van der Waals surface area contributed by atoms with Crippen LogP contribution in [0.25, 0.3) is 0 Å². The Labute approximate surface area is 128 Å². The normalized spacial score (nSPS) is 24.0. The van der Waals surface area contributed by atoms with Crippen LogP contribution in [0.15, 0.2) is 22.7 Å². The van der Waals surface area contributed by atoms with Crippen molar-refractivity contribution >= 4 is 27.5 Å². The maximum atomic E-state index is 5.95. The van der Waals surface area contributed by atoms with E-state index in [1.165, 1.54) is 37.9 Å². The molecular weight excluding hydrogens is 324 g/mol. The van der Waals surface area contributed by atoms with Gasteiger partial charge in [0.05, 0.1) is 0 Å². The van der Waals surface area contributed by atoms with E-state index in [0.717, 1.165) is 34.5 Å². The molecule has 104 valence electrons. The standard InChI is InChI=1S/C15H20BrClN2/c16-15-7-13(17)2-1-12(15)9-18-8-11-5-6-19(10-11)14-3-4-14/h1-2,7,11,14,18H,3-6,8-10H2. The maximum Gasteiger partial charge on any atom is 0.0417 e. The summed E-state index contributed by atoms with van der Waals surface area (Å²) in [5.74, 6) is 0.826. The highest BCUT2D eigenvalue weighted by Crippen LogP contribution is 2.31. The second-order valence-electron chi connectivity index (χ2n) is 5.75. The Kier molecular flexibility index (Phi) is 4.47. The zero-order valence-electron chi connectivity index (χ0n) is 11.0. The van der Waals surface area contributed by atoms with Gasteiger partial charge < -0.3 is 10.2 Å². The van der Waals surface area contributed by atoms with Crippen LogP contribution in [-0.4, -0.2) is 30.6 Å². The van der Waals surface area contributed by atoms with Crippen molar-refractivity contribution in [2.45, 2.75) is 31.8 Å². The van der Waals surface area contributed by atoms with Crippen LogP contribution in [0.1, 0.15) is 24.8 Å². The van der Waals surface area contributed by atoms with E-state index in [1.807, 2.05) is 12.1 Å². The van der Waals surface area contributed by atoms with Gasteiger partial charge in [-0.25, -0.2) is 0 Å². The molecule has 1 aliphatic carbocycles. The number of nitrogens with zero attached hydrogens (tertiary/aromatic N) is 1. The van der Waals surface area contributed by atoms with Crippen LogP contribution in [0.4, 0.5) is 0 Å². The first-order chi connectivity index (χ1) is 9.22. The topological polar surface area (TPSA) is 15.3 Å². The smallest absolute Gasteiger partial charge is 0.0417 e. The second kappa shape index (κ2) is 6.13. The van der Waals surface area contributed by atoms with E-state index in [-0.39, 0.29) is 0 Å². The fourth-order valence-corrected chi connectivity index (χ4v) is 3.70. The van der Waals surface area contributed by atoms with E-state index in [0.29, 0.717) is 0 Å². The molecule has 0 aromatic heterocycles. The number of nitrogens with one attached hydrogen (secondary N) is 1. The number of likely N-dealkylation sites (tertiary alicyclic amines) is 1. The van der Waals surface area contributed by atoms with Gasteiger partial charge in [0.15, 0.2) is 0 Å². The Bertz CT molecular complexity index is 448. The minimum atomic E-state index is 0.784. The van der Waals surface area contributed by atoms with Gasteiger partial charge in [0, 0.05) is 28.6 Å². The third-order valence-electron chi connectivity index (χ3n) is 4.14. The van der Waals surface area contributed by atoms with Gasteiger partial charge >= 0.3 is 0 Å². The highest BCUT2D eigenvalue weighted by molar-refractivity contribution is 9.10. The van der Waals surface area contributed by atoms with Crippen LogP contribution in [0.2, 0.25) is 5.02 Å². The molecule has 1 saturated carbocycles. The summed E-state index contributed by atoms with van der Waals surface area (Å²) < 4.78 is 1.10. The Hall–Kier alpha value is -0.0900. The van der Waals surface area contributed by atoms with Crippen LogP contribution >= 0.6 is 27.5 Å². The summed E-state index contributed by atoms with van der Waals surface area (Å²) in [6, 6.07) is 6.93. The molecular formula is C15H20BrClN2. The monoisotopic (exact) mass is 342 g/mol. The Morgan fingerprint density at radius 2 is 2.16 bits per heavy atom. The zero-order valence-corrected chi connectivity index (χ0v) is 13.4. The van der Waals surface area contributed by atoms with Gasteiger partial charge in [-0.15, -0.1) is 0 Å². The molecule has 19 heavy (non-hydrogen) atoms. The summed E-state index contributed by atoms with van der Waals surface area (Å²) in [4.78, 5) is 2.67. The average Bonchev–Trinajstić information content (AvgIpc) is 3.13. The number of rotatable bonds is 5. The minimum absolute atomic E-state index is 0.784. The van der Waals surface area contributed by atoms with E-state index < -0.39 is 0 Å². The van der Waals surface area contributed by atoms with Crippen molar-refractivity contribution in [2.24, 2.45) is 5.92 Å². The van der Waals surface area contributed by atoms with Crippen molar-refractivity contribution in [1.82, 2.24) is 10.2 Å². The van der Waals surface area contributed by atoms with Crippen LogP contribution in [0, 0.1) is 5.92 Å². The molecule has 1 N–H and O–H groups in total. The average molecular weight is 344 g/mol. The molecule has 1 saturated heterocycles. The molecule has 1 atom stereocenters. The molecule has 2 nitrogen and oxygen atoms in total. The first-order valence-electron chi connectivity index (χ1n) is 7.11. The van der Waals surface area contributed by atoms with Crippen molar-refractivity contribution in [3.8, 4) is 0 Å². The molecule has 2 aliphatic rings. The second-order valence-corrected chi connectivity index (χ2v) is 7.04. The van der Waals surface area contributed by atoms with Crippen molar-refractivity contribution < 1.29 is 0 Å². The lowest BCUT2D eigenvalue weighted by Gasteiger charge is -2.15. The summed E-state index contributed by atoms with van der Waals surface area (Å²) >= 11 is 9.52. The van der Waals surface area contributed by atoms with Crippen LogP contribution in [0.5, 0.6) is 0 Å². The molecule has 4 heteroatoms. The molecule has 3 rings (SSSR count). The predicted octanol–water partition coefficient (Wildman–Crippen LogP) is 3.68. The Morgan fingerprint density at radius 1 is 1.32 bits per heavy atom. The number of hydrogen-bond acceptors (Lipinski definition) is 2. The van der Waals surface area contributed by atoms with Crippen LogP contribution < -0.4 is 5.32 Å². The molecule has 1 aliphatic heterocycles. The van der Waals surface area contributed by atoms with Gasteiger partial charge in [-0.3, -0.25) is 0 Å². The first-order valence-corrected chi connectivity index (χ1v) is 8.28. The van der Waals surface area contributed by atoms with Crippen LogP contribution in [-0.2, 0) is 6.54 Å². The van der Waals surface area contributed by atoms with Gasteiger partial charge in [0.25, 0.3) is 0 Å². The number of halogens is 2. The lowest BCUT2D eigenvalue weighted by Crippen LogP contribution is -2.27. The van der Waals surface area contributed by atoms with Gasteiger partial charge in [-0.2, -0.15) is 0 Å². The van der Waals surface area contributed by atoms with Gasteiger partial charge in [0.2, 0.25) is 0 Å². The molecule has 1 unspecified atom stereocenters. The third-order valence-corrected chi connectivity index (χ3v) is 5.12. The third kappa shape index (κ3) is 3.72. The summed E-state index contributed by atoms with van der Waals surface area (Å²) in [6.07, 6.45) is 4.21. The van der Waals surface area contributed by atoms with Gasteiger partial charge in [0.1, 0.15) is 0 Å². The predicted molar refractivity (Wildman–Crippen MR) is 83.6 cm³/mol. The lowest BCUT2D eigenvalue weighted by atomic mass is 10.1. The van der Waals surface area contributed by atoms with Crippen LogP contribution in [0.3, 0.4) is 0 Å². The molecule has 0 radical (unpaired) electrons. The first kappa shape index (κ1) is 13.9. The van der Waals surface area contributed by atoms with Crippen molar-refractivity contribution in [1.29, 1.82) is 0 Å². The van der Waals surface area contributed by atoms with Gasteiger partial charge in [-0.1, -0.05) is 33.6 Å². The molecule has 0 amide bonds. The van der Waals surface area contributed by atoms with E-state index >= 15 is 0 Å². The fourth-order valence-electron chi connectivity index (χ4n) is 2.88. The summed E-state index contributed by atoms with van der Waals surface area (Å²) in [5, 5.41) is 4.37. The zero-order chi connectivity index (χ0) is 13.2. The number of hydrogen-bond donors (Lipinski definition) is 1. The SMILES string of the molecule is Clc1ccc(CNCC2CCN(C3CC3)C2)c(Br)c1. The molecule has 2 fully saturated rings. The van der Waals surface area contributed by atoms with Gasteiger partial charge in [-0.05, 0) is 56.0 Å². The van der Waals surface area contributed by atoms with E-state index in [4.69, 9.17) is 11.6 Å². The van der Waals surface area contributed by atoms with Crippen molar-refractivity contribution in [3.05, 3.63) is 33.3 Å². The van der Waals surface area contributed by atoms with Crippen molar-refractivity contribution in [2.75, 3.05) is 19.6 Å². The van der Waals surface area contributed by atoms with E-state index in [1.54, 1.807) is 0 Å². The highest BCUT2D eigenvalue weighted by Gasteiger charge is 2.33. The Balaban J connectivity index is 1.43. The highest BCUT2D eigenvalue weighted by atomic mass is 79.9. The molecule has 1 heterocycles. The molecule has 0 bridgehead atoms. The molecule has 1 aromatic rings. The quantitative estimate of drug-likeness (QED) is 0.877. The summed E-state index contributed by atoms with van der Waals surface area (Å²) in [7, 11) is 0. The number of benzene rings is 1. The lowest BCUT2D eigenvalue weighted by molar-refractivity contribution is 0.312. The minimum Gasteiger partial charge on any atom is -0.312 e. The fraction of sp³-hybridized carbons (Fsp3) is 0.600. The largest absolute Gasteiger partial charge is 0.312 e. The Morgan fingerprint density at radius 3 is 2.89 bits per heavy atom. The van der Waals surface area contributed by atoms with Crippen molar-refractivity contribution in [3.63, 3.8) is 0 Å². The summed E-state index contributed by atoms with van der Waals surface area (Å²) in [6.45, 7) is 4.64. The van der Waals surface area contributed by atoms with E-state index in [9.17, 15) is 0 Å². The summed E-state index contributed by atoms with van der Waals surface area (Å²) in [5.41, 5.74) is 1.28. The maximum absolute atomic E-state index is 5.95. The molecule has 1 aromatic carbocycles. The molecule has 0 spiro atoms.